The third-order valence-corrected chi connectivity index (χ3v) is 4.12. The molecule has 2 aliphatic heterocycles. The van der Waals surface area contributed by atoms with Gasteiger partial charge in [-0.1, -0.05) is 24.3 Å². The van der Waals surface area contributed by atoms with Crippen molar-refractivity contribution in [3.63, 3.8) is 0 Å². The molecule has 0 N–H and O–H groups in total. The standard InChI is InChI=1S/C19H29N3O2/c1-6-16-15(2)9-7-8-10-20-17(16)21-11-13-22(14-12-21)18(23)24-19(3,4)5/h6,8,10H,1,7,9,11-14H2,2-5H3/b10-8+,16-15?,20-17?. The van der Waals surface area contributed by atoms with Crippen LogP contribution in [-0.2, 0) is 4.74 Å². The number of amidine groups is 1. The Hall–Kier alpha value is -2.04. The minimum atomic E-state index is -0.460. The summed E-state index contributed by atoms with van der Waals surface area (Å²) >= 11 is 0. The molecule has 0 bridgehead atoms. The number of aliphatic imine (C=N–C) groups is 1. The van der Waals surface area contributed by atoms with E-state index < -0.39 is 5.60 Å². The maximum Gasteiger partial charge on any atom is 0.410 e. The van der Waals surface area contributed by atoms with Gasteiger partial charge in [0.15, 0.2) is 0 Å². The van der Waals surface area contributed by atoms with E-state index in [0.29, 0.717) is 13.1 Å². The van der Waals surface area contributed by atoms with Gasteiger partial charge in [-0.15, -0.1) is 0 Å². The highest BCUT2D eigenvalue weighted by Crippen LogP contribution is 2.20. The van der Waals surface area contributed by atoms with Crippen molar-refractivity contribution in [3.8, 4) is 0 Å². The fourth-order valence-electron chi connectivity index (χ4n) is 2.84. The first-order valence-electron chi connectivity index (χ1n) is 8.60. The Morgan fingerprint density at radius 1 is 1.29 bits per heavy atom. The minimum Gasteiger partial charge on any atom is -0.444 e. The van der Waals surface area contributed by atoms with Crippen LogP contribution in [0.5, 0.6) is 0 Å². The average Bonchev–Trinajstić information content (AvgIpc) is 2.50. The molecule has 1 fully saturated rings. The topological polar surface area (TPSA) is 45.1 Å². The Morgan fingerprint density at radius 3 is 2.54 bits per heavy atom. The van der Waals surface area contributed by atoms with Crippen molar-refractivity contribution in [3.05, 3.63) is 36.1 Å². The van der Waals surface area contributed by atoms with Crippen LogP contribution in [0.3, 0.4) is 0 Å². The van der Waals surface area contributed by atoms with E-state index in [1.165, 1.54) is 5.57 Å². The summed E-state index contributed by atoms with van der Waals surface area (Å²) in [7, 11) is 0. The number of amides is 1. The monoisotopic (exact) mass is 331 g/mol. The number of carbonyl (C=O) groups excluding carboxylic acids is 1. The maximum atomic E-state index is 12.2. The van der Waals surface area contributed by atoms with Crippen molar-refractivity contribution in [1.29, 1.82) is 0 Å². The smallest absolute Gasteiger partial charge is 0.410 e. The van der Waals surface area contributed by atoms with Crippen LogP contribution in [0, 0.1) is 0 Å². The molecule has 0 aromatic rings. The van der Waals surface area contributed by atoms with E-state index in [2.05, 4.69) is 29.5 Å². The summed E-state index contributed by atoms with van der Waals surface area (Å²) in [5, 5.41) is 0. The van der Waals surface area contributed by atoms with E-state index in [0.717, 1.165) is 37.3 Å². The molecule has 2 aliphatic rings. The molecule has 5 heteroatoms. The highest BCUT2D eigenvalue weighted by atomic mass is 16.6. The van der Waals surface area contributed by atoms with Gasteiger partial charge in [0.05, 0.1) is 0 Å². The zero-order valence-electron chi connectivity index (χ0n) is 15.3. The molecule has 5 nitrogen and oxygen atoms in total. The van der Waals surface area contributed by atoms with Crippen LogP contribution in [0.1, 0.15) is 40.5 Å². The molecule has 0 radical (unpaired) electrons. The van der Waals surface area contributed by atoms with Crippen molar-refractivity contribution in [2.75, 3.05) is 26.2 Å². The number of nitrogens with zero attached hydrogens (tertiary/aromatic N) is 3. The maximum absolute atomic E-state index is 12.2. The van der Waals surface area contributed by atoms with Gasteiger partial charge in [0.2, 0.25) is 0 Å². The molecule has 1 saturated heterocycles. The highest BCUT2D eigenvalue weighted by Gasteiger charge is 2.27. The van der Waals surface area contributed by atoms with E-state index in [1.54, 1.807) is 4.90 Å². The number of rotatable bonds is 1. The van der Waals surface area contributed by atoms with Gasteiger partial charge in [-0.05, 0) is 40.5 Å². The van der Waals surface area contributed by atoms with E-state index in [9.17, 15) is 4.79 Å². The number of carbonyl (C=O) groups is 1. The van der Waals surface area contributed by atoms with E-state index in [-0.39, 0.29) is 6.09 Å². The first kappa shape index (κ1) is 18.3. The first-order chi connectivity index (χ1) is 11.3. The Labute approximate surface area is 145 Å². The lowest BCUT2D eigenvalue weighted by atomic mass is 10.0. The minimum absolute atomic E-state index is 0.239. The SMILES string of the molecule is C=CC1=C(C)CC/C=C/N=C1N1CCN(C(=O)OC(C)(C)C)CC1. The molecule has 0 aromatic carbocycles. The van der Waals surface area contributed by atoms with Crippen molar-refractivity contribution < 1.29 is 9.53 Å². The third kappa shape index (κ3) is 4.73. The van der Waals surface area contributed by atoms with Gasteiger partial charge in [-0.25, -0.2) is 9.79 Å². The van der Waals surface area contributed by atoms with Crippen molar-refractivity contribution in [1.82, 2.24) is 9.80 Å². The molecule has 0 atom stereocenters. The van der Waals surface area contributed by atoms with Gasteiger partial charge < -0.3 is 14.5 Å². The van der Waals surface area contributed by atoms with Crippen LogP contribution in [0.4, 0.5) is 4.79 Å². The number of hydrogen-bond donors (Lipinski definition) is 0. The second kappa shape index (κ2) is 7.69. The third-order valence-electron chi connectivity index (χ3n) is 4.12. The molecule has 0 spiro atoms. The zero-order chi connectivity index (χ0) is 17.7. The Morgan fingerprint density at radius 2 is 1.96 bits per heavy atom. The lowest BCUT2D eigenvalue weighted by Crippen LogP contribution is -2.52. The van der Waals surface area contributed by atoms with E-state index in [4.69, 9.17) is 4.74 Å². The van der Waals surface area contributed by atoms with Crippen molar-refractivity contribution >= 4 is 11.9 Å². The molecule has 1 amide bonds. The van der Waals surface area contributed by atoms with Gasteiger partial charge in [0, 0.05) is 38.0 Å². The van der Waals surface area contributed by atoms with Crippen LogP contribution in [0.25, 0.3) is 0 Å². The first-order valence-corrected chi connectivity index (χ1v) is 8.60. The average molecular weight is 331 g/mol. The van der Waals surface area contributed by atoms with Crippen LogP contribution in [-0.4, -0.2) is 53.5 Å². The molecule has 132 valence electrons. The fraction of sp³-hybridized carbons (Fsp3) is 0.579. The highest BCUT2D eigenvalue weighted by molar-refractivity contribution is 6.01. The van der Waals surface area contributed by atoms with Gasteiger partial charge in [0.25, 0.3) is 0 Å². The molecule has 0 unspecified atom stereocenters. The molecular formula is C19H29N3O2. The fourth-order valence-corrected chi connectivity index (χ4v) is 2.84. The Balaban J connectivity index is 2.06. The van der Waals surface area contributed by atoms with Crippen molar-refractivity contribution in [2.45, 2.75) is 46.1 Å². The van der Waals surface area contributed by atoms with E-state index in [1.807, 2.05) is 33.0 Å². The summed E-state index contributed by atoms with van der Waals surface area (Å²) in [6.45, 7) is 14.5. The van der Waals surface area contributed by atoms with Gasteiger partial charge >= 0.3 is 6.09 Å². The second-order valence-corrected chi connectivity index (χ2v) is 7.23. The van der Waals surface area contributed by atoms with Crippen LogP contribution >= 0.6 is 0 Å². The van der Waals surface area contributed by atoms with Gasteiger partial charge in [-0.3, -0.25) is 0 Å². The Bertz CT molecular complexity index is 574. The lowest BCUT2D eigenvalue weighted by molar-refractivity contribution is 0.0187. The molecule has 2 heterocycles. The second-order valence-electron chi connectivity index (χ2n) is 7.23. The summed E-state index contributed by atoms with van der Waals surface area (Å²) in [6, 6.07) is 0. The summed E-state index contributed by atoms with van der Waals surface area (Å²) in [6.07, 6.45) is 7.66. The summed E-state index contributed by atoms with van der Waals surface area (Å²) in [5.41, 5.74) is 1.96. The number of allylic oxidation sites excluding steroid dienone is 2. The molecule has 0 aliphatic carbocycles. The van der Waals surface area contributed by atoms with E-state index >= 15 is 0 Å². The van der Waals surface area contributed by atoms with Gasteiger partial charge in [-0.2, -0.15) is 0 Å². The van der Waals surface area contributed by atoms with Crippen LogP contribution in [0.2, 0.25) is 0 Å². The molecule has 0 aromatic heterocycles. The predicted octanol–water partition coefficient (Wildman–Crippen LogP) is 3.75. The van der Waals surface area contributed by atoms with Crippen molar-refractivity contribution in [2.24, 2.45) is 4.99 Å². The summed E-state index contributed by atoms with van der Waals surface area (Å²) in [5.74, 6) is 0.960. The number of piperazine rings is 1. The number of ether oxygens (including phenoxy) is 1. The summed E-state index contributed by atoms with van der Waals surface area (Å²) in [4.78, 5) is 20.8. The molecule has 2 rings (SSSR count). The lowest BCUT2D eigenvalue weighted by Gasteiger charge is -2.37. The summed E-state index contributed by atoms with van der Waals surface area (Å²) < 4.78 is 5.46. The van der Waals surface area contributed by atoms with Crippen LogP contribution < -0.4 is 0 Å². The Kier molecular flexibility index (Phi) is 5.86. The largest absolute Gasteiger partial charge is 0.444 e. The normalized spacial score (nSPS) is 20.9. The predicted molar refractivity (Wildman–Crippen MR) is 98.1 cm³/mol. The quantitative estimate of drug-likeness (QED) is 0.735. The van der Waals surface area contributed by atoms with Gasteiger partial charge in [0.1, 0.15) is 11.4 Å². The molecule has 0 saturated carbocycles. The molecule has 24 heavy (non-hydrogen) atoms. The van der Waals surface area contributed by atoms with Crippen LogP contribution in [0.15, 0.2) is 41.1 Å². The molecular weight excluding hydrogens is 302 g/mol. The zero-order valence-corrected chi connectivity index (χ0v) is 15.3. The number of hydrogen-bond acceptors (Lipinski definition) is 4.